The third-order valence-electron chi connectivity index (χ3n) is 12.9. The van der Waals surface area contributed by atoms with Gasteiger partial charge >= 0.3 is 0 Å². The Balaban J connectivity index is 0.842. The lowest BCUT2D eigenvalue weighted by molar-refractivity contribution is -0.147. The van der Waals surface area contributed by atoms with Gasteiger partial charge < -0.3 is 26.0 Å². The second kappa shape index (κ2) is 17.9. The molecule has 2 aromatic heterocycles. The Morgan fingerprint density at radius 2 is 1.54 bits per heavy atom. The molecule has 4 N–H and O–H groups in total. The maximum atomic E-state index is 14.6. The molecule has 0 saturated carbocycles. The number of aromatic nitrogens is 3. The second-order valence-corrected chi connectivity index (χ2v) is 18.8. The van der Waals surface area contributed by atoms with Gasteiger partial charge in [-0.2, -0.15) is 0 Å². The molecule has 0 aliphatic carbocycles. The van der Waals surface area contributed by atoms with Crippen molar-refractivity contribution in [3.63, 3.8) is 0 Å². The SMILES string of the molecule is Cc1ncsc1-c1ccc(C(C)NC(=O)C2CCCN2C(=O)C(N2CCC(N3CCN(c4ccc(-c5cc(-c6ccccc6O)nnc5N)cc4)CC3)CC2)C(C)(C)C)cc1. The lowest BCUT2D eigenvalue weighted by Crippen LogP contribution is -2.60. The van der Waals surface area contributed by atoms with Crippen molar-refractivity contribution in [2.45, 2.75) is 84.5 Å². The topological polar surface area (TPSA) is 144 Å². The summed E-state index contributed by atoms with van der Waals surface area (Å²) in [4.78, 5) is 43.3. The van der Waals surface area contributed by atoms with Crippen molar-refractivity contribution >= 4 is 34.7 Å². The number of piperazine rings is 1. The Morgan fingerprint density at radius 3 is 2.20 bits per heavy atom. The minimum absolute atomic E-state index is 0.0720. The maximum Gasteiger partial charge on any atom is 0.243 e. The first kappa shape index (κ1) is 42.3. The first-order valence-corrected chi connectivity index (χ1v) is 22.6. The number of hydrogen-bond acceptors (Lipinski definition) is 11. The van der Waals surface area contributed by atoms with E-state index in [0.29, 0.717) is 36.1 Å². The van der Waals surface area contributed by atoms with Crippen LogP contribution < -0.4 is 16.0 Å². The molecule has 8 rings (SSSR count). The van der Waals surface area contributed by atoms with Crippen LogP contribution in [0.15, 0.2) is 84.4 Å². The summed E-state index contributed by atoms with van der Waals surface area (Å²) in [6, 6.07) is 25.3. The fourth-order valence-corrected chi connectivity index (χ4v) is 10.4. The number of hydrogen-bond donors (Lipinski definition) is 3. The van der Waals surface area contributed by atoms with Gasteiger partial charge in [0.15, 0.2) is 5.82 Å². The molecule has 3 atom stereocenters. The first-order chi connectivity index (χ1) is 29.4. The van der Waals surface area contributed by atoms with E-state index in [1.165, 1.54) is 5.69 Å². The number of phenolic OH excluding ortho intramolecular Hbond substituents is 1. The molecule has 5 heterocycles. The lowest BCUT2D eigenvalue weighted by Gasteiger charge is -2.47. The molecule has 13 heteroatoms. The summed E-state index contributed by atoms with van der Waals surface area (Å²) in [5, 5.41) is 22.0. The smallest absolute Gasteiger partial charge is 0.243 e. The molecule has 3 aliphatic heterocycles. The highest BCUT2D eigenvalue weighted by atomic mass is 32.1. The first-order valence-electron chi connectivity index (χ1n) is 21.7. The number of nitrogens with two attached hydrogens (primary N) is 1. The van der Waals surface area contributed by atoms with Gasteiger partial charge in [-0.15, -0.1) is 21.5 Å². The van der Waals surface area contributed by atoms with Gasteiger partial charge in [0.05, 0.1) is 33.9 Å². The average Bonchev–Trinajstić information content (AvgIpc) is 3.94. The van der Waals surface area contributed by atoms with E-state index in [1.54, 1.807) is 23.5 Å². The molecule has 3 fully saturated rings. The van der Waals surface area contributed by atoms with Crippen LogP contribution in [0.3, 0.4) is 0 Å². The van der Waals surface area contributed by atoms with E-state index in [2.05, 4.69) is 105 Å². The summed E-state index contributed by atoms with van der Waals surface area (Å²) < 4.78 is 0. The summed E-state index contributed by atoms with van der Waals surface area (Å²) >= 11 is 1.63. The van der Waals surface area contributed by atoms with Crippen LogP contribution in [0, 0.1) is 12.3 Å². The second-order valence-electron chi connectivity index (χ2n) is 18.0. The summed E-state index contributed by atoms with van der Waals surface area (Å²) in [7, 11) is 0. The number of benzene rings is 3. The van der Waals surface area contributed by atoms with E-state index in [-0.39, 0.29) is 35.1 Å². The summed E-state index contributed by atoms with van der Waals surface area (Å²) in [5.74, 6) is 0.507. The number of nitrogen functional groups attached to an aromatic ring is 1. The zero-order valence-electron chi connectivity index (χ0n) is 36.1. The van der Waals surface area contributed by atoms with Crippen LogP contribution in [-0.2, 0) is 9.59 Å². The zero-order chi connectivity index (χ0) is 42.8. The Kier molecular flexibility index (Phi) is 12.4. The van der Waals surface area contributed by atoms with Gasteiger partial charge in [0.1, 0.15) is 11.8 Å². The van der Waals surface area contributed by atoms with Gasteiger partial charge in [-0.25, -0.2) is 4.98 Å². The molecule has 320 valence electrons. The van der Waals surface area contributed by atoms with Crippen LogP contribution in [0.2, 0.25) is 0 Å². The summed E-state index contributed by atoms with van der Waals surface area (Å²) in [5.41, 5.74) is 15.1. The quantitative estimate of drug-likeness (QED) is 0.130. The van der Waals surface area contributed by atoms with Crippen LogP contribution in [0.25, 0.3) is 32.8 Å². The molecule has 2 amide bonds. The number of aryl methyl sites for hydroxylation is 1. The number of piperidine rings is 1. The van der Waals surface area contributed by atoms with Crippen LogP contribution in [-0.4, -0.2) is 111 Å². The monoisotopic (exact) mass is 841 g/mol. The third kappa shape index (κ3) is 9.15. The van der Waals surface area contributed by atoms with E-state index >= 15 is 0 Å². The van der Waals surface area contributed by atoms with Crippen molar-refractivity contribution in [2.24, 2.45) is 5.41 Å². The van der Waals surface area contributed by atoms with Gasteiger partial charge in [0.25, 0.3) is 0 Å². The largest absolute Gasteiger partial charge is 0.507 e. The summed E-state index contributed by atoms with van der Waals surface area (Å²) in [6.45, 7) is 16.7. The van der Waals surface area contributed by atoms with Gasteiger partial charge in [-0.3, -0.25) is 19.4 Å². The number of nitrogens with one attached hydrogen (secondary N) is 1. The minimum atomic E-state index is -0.461. The van der Waals surface area contributed by atoms with E-state index in [4.69, 9.17) is 5.73 Å². The van der Waals surface area contributed by atoms with Crippen molar-refractivity contribution in [1.29, 1.82) is 0 Å². The van der Waals surface area contributed by atoms with E-state index in [9.17, 15) is 14.7 Å². The molecule has 12 nitrogen and oxygen atoms in total. The van der Waals surface area contributed by atoms with Crippen molar-refractivity contribution in [1.82, 2.24) is 35.2 Å². The number of carbonyl (C=O) groups is 2. The maximum absolute atomic E-state index is 14.6. The normalized spacial score (nSPS) is 19.2. The Morgan fingerprint density at radius 1 is 0.852 bits per heavy atom. The number of para-hydroxylation sites is 1. The van der Waals surface area contributed by atoms with Crippen LogP contribution in [0.4, 0.5) is 11.5 Å². The number of rotatable bonds is 10. The highest BCUT2D eigenvalue weighted by molar-refractivity contribution is 7.13. The van der Waals surface area contributed by atoms with Crippen molar-refractivity contribution in [3.8, 4) is 38.6 Å². The molecular weight excluding hydrogens is 783 g/mol. The number of thiazole rings is 1. The molecule has 3 unspecified atom stereocenters. The molecule has 3 aromatic carbocycles. The lowest BCUT2D eigenvalue weighted by atomic mass is 9.83. The summed E-state index contributed by atoms with van der Waals surface area (Å²) in [6.07, 6.45) is 3.54. The van der Waals surface area contributed by atoms with Gasteiger partial charge in [0, 0.05) is 68.7 Å². The third-order valence-corrected chi connectivity index (χ3v) is 13.9. The molecule has 0 radical (unpaired) electrons. The number of amides is 2. The molecule has 0 spiro atoms. The van der Waals surface area contributed by atoms with Crippen LogP contribution in [0.1, 0.15) is 70.7 Å². The fraction of sp³-hybridized carbons (Fsp3) is 0.438. The molecule has 3 aliphatic rings. The number of carbonyl (C=O) groups excluding carboxylic acids is 2. The fourth-order valence-electron chi connectivity index (χ4n) is 9.59. The average molecular weight is 842 g/mol. The van der Waals surface area contributed by atoms with E-state index in [0.717, 1.165) is 91.4 Å². The highest BCUT2D eigenvalue weighted by Gasteiger charge is 2.45. The van der Waals surface area contributed by atoms with E-state index < -0.39 is 6.04 Å². The Labute approximate surface area is 363 Å². The Bertz CT molecular complexity index is 2310. The number of nitrogens with zero attached hydrogens (tertiary/aromatic N) is 7. The van der Waals surface area contributed by atoms with Gasteiger partial charge in [0.2, 0.25) is 11.8 Å². The van der Waals surface area contributed by atoms with Crippen molar-refractivity contribution in [3.05, 3.63) is 95.6 Å². The molecule has 0 bridgehead atoms. The molecule has 5 aromatic rings. The van der Waals surface area contributed by atoms with Crippen molar-refractivity contribution in [2.75, 3.05) is 56.4 Å². The number of likely N-dealkylation sites (tertiary alicyclic amines) is 2. The number of aromatic hydroxyl groups is 1. The predicted octanol–water partition coefficient (Wildman–Crippen LogP) is 7.40. The molecular formula is C48H59N9O3S. The predicted molar refractivity (Wildman–Crippen MR) is 244 cm³/mol. The minimum Gasteiger partial charge on any atom is -0.507 e. The van der Waals surface area contributed by atoms with Crippen molar-refractivity contribution < 1.29 is 14.7 Å². The van der Waals surface area contributed by atoms with Crippen LogP contribution in [0.5, 0.6) is 5.75 Å². The standard InChI is InChI=1S/C48H59N9O3S/c1-31(33-12-14-35(15-13-33)43-32(2)50-30-61-43)51-46(59)41-10-8-22-57(41)47(60)44(48(3,4)5)56-23-20-37(21-24-56)55-27-25-54(26-28-55)36-18-16-34(17-19-36)39-29-40(52-53-45(39)49)38-9-6-7-11-42(38)58/h6-7,9,11-19,29-31,37,41,44,58H,8,10,20-28H2,1-5H3,(H2,49,53)(H,51,59). The number of anilines is 2. The van der Waals surface area contributed by atoms with Gasteiger partial charge in [-0.1, -0.05) is 69.3 Å². The molecule has 61 heavy (non-hydrogen) atoms. The highest BCUT2D eigenvalue weighted by Crippen LogP contribution is 2.35. The van der Waals surface area contributed by atoms with E-state index in [1.807, 2.05) is 42.5 Å². The van der Waals surface area contributed by atoms with Gasteiger partial charge in [-0.05, 0) is 92.0 Å². The number of phenols is 1. The van der Waals surface area contributed by atoms with Crippen LogP contribution >= 0.6 is 11.3 Å². The zero-order valence-corrected chi connectivity index (χ0v) is 36.9. The molecule has 3 saturated heterocycles. The Hall–Kier alpha value is -5.37.